The summed E-state index contributed by atoms with van der Waals surface area (Å²) >= 11 is 0. The Morgan fingerprint density at radius 2 is 1.96 bits per heavy atom. The van der Waals surface area contributed by atoms with Gasteiger partial charge in [0.05, 0.1) is 24.4 Å². The fraction of sp³-hybridized carbons (Fsp3) is 0.667. The number of esters is 1. The number of carbonyl (C=O) groups is 2. The zero-order valence-corrected chi connectivity index (χ0v) is 14.2. The third-order valence-electron chi connectivity index (χ3n) is 6.00. The van der Waals surface area contributed by atoms with E-state index in [1.54, 1.807) is 6.07 Å². The molecular weight excluding hydrogens is 322 g/mol. The maximum atomic E-state index is 13.0. The molecule has 2 aliphatic heterocycles. The minimum absolute atomic E-state index is 0.0602. The van der Waals surface area contributed by atoms with Gasteiger partial charge in [-0.3, -0.25) is 14.4 Å². The number of piperidine rings is 1. The molecule has 0 radical (unpaired) electrons. The minimum Gasteiger partial charge on any atom is -0.458 e. The van der Waals surface area contributed by atoms with Gasteiger partial charge in [0.1, 0.15) is 5.60 Å². The van der Waals surface area contributed by atoms with Gasteiger partial charge in [-0.2, -0.15) is 0 Å². The lowest BCUT2D eigenvalue weighted by atomic mass is 9.83. The third-order valence-corrected chi connectivity index (χ3v) is 6.00. The number of rotatable bonds is 2. The van der Waals surface area contributed by atoms with Gasteiger partial charge < -0.3 is 14.6 Å². The lowest BCUT2D eigenvalue weighted by molar-refractivity contribution is -0.152. The topological polar surface area (TPSA) is 92.4 Å². The Labute approximate surface area is 145 Å². The summed E-state index contributed by atoms with van der Waals surface area (Å²) in [5.74, 6) is -0.294. The molecule has 1 spiro atoms. The first-order chi connectivity index (χ1) is 12.1. The van der Waals surface area contributed by atoms with E-state index in [9.17, 15) is 14.4 Å². The summed E-state index contributed by atoms with van der Waals surface area (Å²) in [6.07, 6.45) is 6.88. The number of nitrogens with zero attached hydrogens (tertiary/aromatic N) is 2. The van der Waals surface area contributed by atoms with Gasteiger partial charge in [0, 0.05) is 25.1 Å². The van der Waals surface area contributed by atoms with Crippen molar-refractivity contribution in [2.24, 2.45) is 5.92 Å². The van der Waals surface area contributed by atoms with Gasteiger partial charge in [-0.25, -0.2) is 4.98 Å². The standard InChI is InChI=1S/C18H23N3O4/c22-15-10-14(19-11-20-15)12-3-7-21(8-4-12)17(24)13-9-16(23)25-18(13)5-1-2-6-18/h10-13H,1-9H2,(H,19,20,22). The van der Waals surface area contributed by atoms with Crippen molar-refractivity contribution in [3.63, 3.8) is 0 Å². The molecule has 1 unspecified atom stereocenters. The van der Waals surface area contributed by atoms with Gasteiger partial charge in [-0.15, -0.1) is 0 Å². The first-order valence-corrected chi connectivity index (χ1v) is 9.13. The van der Waals surface area contributed by atoms with E-state index in [0.717, 1.165) is 44.2 Å². The predicted octanol–water partition coefficient (Wildman–Crippen LogP) is 1.35. The second-order valence-electron chi connectivity index (χ2n) is 7.44. The maximum Gasteiger partial charge on any atom is 0.307 e. The Balaban J connectivity index is 1.43. The van der Waals surface area contributed by atoms with Crippen LogP contribution in [0.25, 0.3) is 0 Å². The highest BCUT2D eigenvalue weighted by atomic mass is 16.6. The van der Waals surface area contributed by atoms with Crippen LogP contribution in [-0.2, 0) is 14.3 Å². The van der Waals surface area contributed by atoms with Gasteiger partial charge in [0.2, 0.25) is 5.91 Å². The summed E-state index contributed by atoms with van der Waals surface area (Å²) in [7, 11) is 0. The summed E-state index contributed by atoms with van der Waals surface area (Å²) in [5.41, 5.74) is 0.107. The number of hydrogen-bond acceptors (Lipinski definition) is 5. The van der Waals surface area contributed by atoms with Gasteiger partial charge in [-0.1, -0.05) is 0 Å². The number of ether oxygens (including phenoxy) is 1. The molecule has 3 aliphatic rings. The normalized spacial score (nSPS) is 26.2. The Morgan fingerprint density at radius 3 is 2.64 bits per heavy atom. The van der Waals surface area contributed by atoms with Crippen molar-refractivity contribution in [1.29, 1.82) is 0 Å². The molecule has 7 nitrogen and oxygen atoms in total. The van der Waals surface area contributed by atoms with E-state index in [1.807, 2.05) is 4.90 Å². The molecule has 0 aromatic carbocycles. The Morgan fingerprint density at radius 1 is 1.24 bits per heavy atom. The first-order valence-electron chi connectivity index (χ1n) is 9.13. The first kappa shape index (κ1) is 16.3. The molecule has 134 valence electrons. The number of H-pyrrole nitrogens is 1. The van der Waals surface area contributed by atoms with E-state index >= 15 is 0 Å². The zero-order chi connectivity index (χ0) is 17.4. The lowest BCUT2D eigenvalue weighted by Gasteiger charge is -2.36. The average molecular weight is 345 g/mol. The van der Waals surface area contributed by atoms with Crippen molar-refractivity contribution in [3.05, 3.63) is 28.4 Å². The second kappa shape index (κ2) is 6.28. The number of nitrogens with one attached hydrogen (secondary N) is 1. The van der Waals surface area contributed by atoms with Gasteiger partial charge in [-0.05, 0) is 38.5 Å². The highest BCUT2D eigenvalue weighted by Gasteiger charge is 2.54. The van der Waals surface area contributed by atoms with Crippen LogP contribution in [0.15, 0.2) is 17.2 Å². The maximum absolute atomic E-state index is 13.0. The molecule has 1 N–H and O–H groups in total. The SMILES string of the molecule is O=C1CC(C(=O)N2CCC(c3cc(=O)[nH]cn3)CC2)C2(CCCC2)O1. The van der Waals surface area contributed by atoms with Gasteiger partial charge in [0.25, 0.3) is 5.56 Å². The second-order valence-corrected chi connectivity index (χ2v) is 7.44. The van der Waals surface area contributed by atoms with Crippen LogP contribution < -0.4 is 5.56 Å². The number of aromatic nitrogens is 2. The van der Waals surface area contributed by atoms with Crippen LogP contribution >= 0.6 is 0 Å². The van der Waals surface area contributed by atoms with Crippen molar-refractivity contribution < 1.29 is 14.3 Å². The fourth-order valence-electron chi connectivity index (χ4n) is 4.65. The third kappa shape index (κ3) is 2.96. The molecule has 3 heterocycles. The monoisotopic (exact) mass is 345 g/mol. The Hall–Kier alpha value is -2.18. The number of likely N-dealkylation sites (tertiary alicyclic amines) is 1. The quantitative estimate of drug-likeness (QED) is 0.817. The lowest BCUT2D eigenvalue weighted by Crippen LogP contribution is -2.47. The smallest absolute Gasteiger partial charge is 0.307 e. The Kier molecular flexibility index (Phi) is 4.09. The van der Waals surface area contributed by atoms with Crippen LogP contribution in [0.2, 0.25) is 0 Å². The molecule has 4 rings (SSSR count). The predicted molar refractivity (Wildman–Crippen MR) is 88.8 cm³/mol. The molecule has 1 aromatic rings. The van der Waals surface area contributed by atoms with Crippen LogP contribution in [0.4, 0.5) is 0 Å². The fourth-order valence-corrected chi connectivity index (χ4v) is 4.65. The van der Waals surface area contributed by atoms with Gasteiger partial charge >= 0.3 is 5.97 Å². The Bertz CT molecular complexity index is 730. The molecule has 1 atom stereocenters. The van der Waals surface area contributed by atoms with Crippen molar-refractivity contribution in [1.82, 2.24) is 14.9 Å². The molecule has 1 aliphatic carbocycles. The van der Waals surface area contributed by atoms with Gasteiger partial charge in [0.15, 0.2) is 0 Å². The average Bonchev–Trinajstić information content (AvgIpc) is 3.21. The van der Waals surface area contributed by atoms with Crippen molar-refractivity contribution >= 4 is 11.9 Å². The van der Waals surface area contributed by atoms with Crippen molar-refractivity contribution in [3.8, 4) is 0 Å². The number of hydrogen-bond donors (Lipinski definition) is 1. The summed E-state index contributed by atoms with van der Waals surface area (Å²) < 4.78 is 5.60. The largest absolute Gasteiger partial charge is 0.458 e. The van der Waals surface area contributed by atoms with Crippen LogP contribution in [0, 0.1) is 5.92 Å². The number of carbonyl (C=O) groups excluding carboxylic acids is 2. The highest BCUT2D eigenvalue weighted by Crippen LogP contribution is 2.46. The molecule has 25 heavy (non-hydrogen) atoms. The van der Waals surface area contributed by atoms with Crippen molar-refractivity contribution in [2.45, 2.75) is 56.5 Å². The molecule has 1 saturated carbocycles. The molecule has 0 bridgehead atoms. The zero-order valence-electron chi connectivity index (χ0n) is 14.2. The van der Waals surface area contributed by atoms with E-state index < -0.39 is 5.60 Å². The molecular formula is C18H23N3O4. The molecule has 1 aromatic heterocycles. The van der Waals surface area contributed by atoms with Crippen LogP contribution in [0.3, 0.4) is 0 Å². The van der Waals surface area contributed by atoms with E-state index in [0.29, 0.717) is 13.1 Å². The number of amides is 1. The summed E-state index contributed by atoms with van der Waals surface area (Å²) in [6.45, 7) is 1.28. The van der Waals surface area contributed by atoms with E-state index in [-0.39, 0.29) is 35.7 Å². The van der Waals surface area contributed by atoms with E-state index in [4.69, 9.17) is 4.74 Å². The molecule has 1 amide bonds. The molecule has 2 saturated heterocycles. The summed E-state index contributed by atoms with van der Waals surface area (Å²) in [6, 6.07) is 1.54. The minimum atomic E-state index is -0.542. The molecule has 3 fully saturated rings. The summed E-state index contributed by atoms with van der Waals surface area (Å²) in [4.78, 5) is 45.0. The number of aromatic amines is 1. The van der Waals surface area contributed by atoms with Crippen molar-refractivity contribution in [2.75, 3.05) is 13.1 Å². The van der Waals surface area contributed by atoms with Crippen LogP contribution in [0.5, 0.6) is 0 Å². The van der Waals surface area contributed by atoms with E-state index in [2.05, 4.69) is 9.97 Å². The highest BCUT2D eigenvalue weighted by molar-refractivity contribution is 5.88. The molecule has 7 heteroatoms. The van der Waals surface area contributed by atoms with Crippen LogP contribution in [-0.4, -0.2) is 45.4 Å². The van der Waals surface area contributed by atoms with E-state index in [1.165, 1.54) is 6.33 Å². The van der Waals surface area contributed by atoms with Crippen LogP contribution in [0.1, 0.15) is 56.6 Å². The summed E-state index contributed by atoms with van der Waals surface area (Å²) in [5, 5.41) is 0.